The number of aromatic nitrogens is 3. The predicted octanol–water partition coefficient (Wildman–Crippen LogP) is 4.12. The van der Waals surface area contributed by atoms with Crippen LogP contribution in [0.15, 0.2) is 60.0 Å². The molecule has 152 valence electrons. The Morgan fingerprint density at radius 1 is 1.17 bits per heavy atom. The third kappa shape index (κ3) is 5.38. The Hall–Kier alpha value is -2.80. The van der Waals surface area contributed by atoms with E-state index >= 15 is 0 Å². The van der Waals surface area contributed by atoms with Gasteiger partial charge in [-0.3, -0.25) is 9.36 Å². The first kappa shape index (κ1) is 20.9. The van der Waals surface area contributed by atoms with Crippen LogP contribution in [0.3, 0.4) is 0 Å². The number of aryl methyl sites for hydroxylation is 1. The lowest BCUT2D eigenvalue weighted by Gasteiger charge is -2.22. The number of rotatable bonds is 9. The number of amides is 1. The third-order valence-corrected chi connectivity index (χ3v) is 5.45. The molecule has 7 heteroatoms. The van der Waals surface area contributed by atoms with Crippen molar-refractivity contribution in [2.45, 2.75) is 32.0 Å². The van der Waals surface area contributed by atoms with Gasteiger partial charge in [-0.15, -0.1) is 10.2 Å². The second-order valence-corrected chi connectivity index (χ2v) is 7.69. The molecule has 3 rings (SSSR count). The monoisotopic (exact) mass is 410 g/mol. The van der Waals surface area contributed by atoms with Gasteiger partial charge in [-0.2, -0.15) is 0 Å². The molecule has 0 radical (unpaired) electrons. The molecule has 0 aliphatic carbocycles. The number of hydrogen-bond donors (Lipinski definition) is 0. The van der Waals surface area contributed by atoms with Crippen LogP contribution in [0, 0.1) is 6.92 Å². The Morgan fingerprint density at radius 3 is 2.66 bits per heavy atom. The molecule has 0 atom stereocenters. The van der Waals surface area contributed by atoms with Crippen molar-refractivity contribution in [3.63, 3.8) is 0 Å². The fraction of sp³-hybridized carbons (Fsp3) is 0.318. The van der Waals surface area contributed by atoms with E-state index in [2.05, 4.69) is 48.3 Å². The molecule has 1 aromatic heterocycles. The Labute approximate surface area is 175 Å². The number of carbonyl (C=O) groups excluding carboxylic acids is 1. The van der Waals surface area contributed by atoms with Gasteiger partial charge in [-0.05, 0) is 31.0 Å². The van der Waals surface area contributed by atoms with Crippen LogP contribution in [-0.2, 0) is 11.3 Å². The second kappa shape index (κ2) is 10.1. The summed E-state index contributed by atoms with van der Waals surface area (Å²) in [6.07, 6.45) is 2.56. The molecule has 0 spiro atoms. The van der Waals surface area contributed by atoms with Gasteiger partial charge in [0, 0.05) is 13.1 Å². The highest BCUT2D eigenvalue weighted by atomic mass is 32.2. The standard InChI is InChI=1S/C22H26N4O2S/c1-4-13-25(14-18-11-9-17(2)10-12-18)21(27)15-29-22-24-23-16-26(22)19-7-5-6-8-20(19)28-3/h5-12,16H,4,13-15H2,1-3H3. The van der Waals surface area contributed by atoms with E-state index in [9.17, 15) is 4.79 Å². The van der Waals surface area contributed by atoms with Crippen LogP contribution in [0.25, 0.3) is 5.69 Å². The summed E-state index contributed by atoms with van der Waals surface area (Å²) in [7, 11) is 1.63. The molecule has 6 nitrogen and oxygen atoms in total. The maximum Gasteiger partial charge on any atom is 0.233 e. The van der Waals surface area contributed by atoms with E-state index in [-0.39, 0.29) is 5.91 Å². The van der Waals surface area contributed by atoms with Gasteiger partial charge in [0.2, 0.25) is 5.91 Å². The quantitative estimate of drug-likeness (QED) is 0.497. The van der Waals surface area contributed by atoms with Crippen LogP contribution in [-0.4, -0.2) is 45.0 Å². The van der Waals surface area contributed by atoms with Crippen LogP contribution in [0.1, 0.15) is 24.5 Å². The average Bonchev–Trinajstić information content (AvgIpc) is 3.21. The lowest BCUT2D eigenvalue weighted by molar-refractivity contribution is -0.129. The van der Waals surface area contributed by atoms with Gasteiger partial charge in [-0.25, -0.2) is 0 Å². The Bertz CT molecular complexity index is 940. The summed E-state index contributed by atoms with van der Waals surface area (Å²) in [4.78, 5) is 14.8. The molecule has 0 saturated heterocycles. The van der Waals surface area contributed by atoms with Gasteiger partial charge in [0.1, 0.15) is 12.1 Å². The SMILES string of the molecule is CCCN(Cc1ccc(C)cc1)C(=O)CSc1nncn1-c1ccccc1OC. The first-order valence-corrected chi connectivity index (χ1v) is 10.6. The van der Waals surface area contributed by atoms with Crippen LogP contribution in [0.5, 0.6) is 5.75 Å². The summed E-state index contributed by atoms with van der Waals surface area (Å²) in [5.41, 5.74) is 3.20. The van der Waals surface area contributed by atoms with Crippen molar-refractivity contribution in [1.82, 2.24) is 19.7 Å². The molecule has 1 heterocycles. The number of para-hydroxylation sites is 2. The van der Waals surface area contributed by atoms with Gasteiger partial charge < -0.3 is 9.64 Å². The molecule has 1 amide bonds. The maximum atomic E-state index is 12.9. The van der Waals surface area contributed by atoms with Gasteiger partial charge in [-0.1, -0.05) is 60.6 Å². The Morgan fingerprint density at radius 2 is 1.93 bits per heavy atom. The highest BCUT2D eigenvalue weighted by molar-refractivity contribution is 7.99. The van der Waals surface area contributed by atoms with Crippen LogP contribution < -0.4 is 4.74 Å². The normalized spacial score (nSPS) is 10.7. The third-order valence-electron chi connectivity index (χ3n) is 4.53. The molecule has 0 fully saturated rings. The van der Waals surface area contributed by atoms with Crippen molar-refractivity contribution in [2.75, 3.05) is 19.4 Å². The van der Waals surface area contributed by atoms with E-state index in [1.807, 2.05) is 33.7 Å². The summed E-state index contributed by atoms with van der Waals surface area (Å²) in [5.74, 6) is 1.12. The molecule has 0 unspecified atom stereocenters. The van der Waals surface area contributed by atoms with Crippen molar-refractivity contribution in [3.8, 4) is 11.4 Å². The number of ether oxygens (including phenoxy) is 1. The predicted molar refractivity (Wildman–Crippen MR) is 116 cm³/mol. The molecule has 3 aromatic rings. The van der Waals surface area contributed by atoms with E-state index in [1.54, 1.807) is 13.4 Å². The summed E-state index contributed by atoms with van der Waals surface area (Å²) in [6.45, 7) is 5.49. The van der Waals surface area contributed by atoms with Crippen molar-refractivity contribution < 1.29 is 9.53 Å². The van der Waals surface area contributed by atoms with E-state index in [1.165, 1.54) is 17.3 Å². The highest BCUT2D eigenvalue weighted by Crippen LogP contribution is 2.26. The zero-order valence-corrected chi connectivity index (χ0v) is 17.9. The molecule has 0 aliphatic heterocycles. The summed E-state index contributed by atoms with van der Waals surface area (Å²) in [5, 5.41) is 8.87. The number of nitrogens with zero attached hydrogens (tertiary/aromatic N) is 4. The first-order valence-electron chi connectivity index (χ1n) is 9.62. The van der Waals surface area contributed by atoms with Crippen molar-refractivity contribution in [1.29, 1.82) is 0 Å². The summed E-state index contributed by atoms with van der Waals surface area (Å²) in [6, 6.07) is 16.0. The minimum Gasteiger partial charge on any atom is -0.495 e. The average molecular weight is 411 g/mol. The molecule has 2 aromatic carbocycles. The molecular formula is C22H26N4O2S. The van der Waals surface area contributed by atoms with Crippen molar-refractivity contribution >= 4 is 17.7 Å². The van der Waals surface area contributed by atoms with E-state index in [4.69, 9.17) is 4.74 Å². The molecule has 29 heavy (non-hydrogen) atoms. The van der Waals surface area contributed by atoms with Gasteiger partial charge in [0.05, 0.1) is 18.6 Å². The molecule has 0 bridgehead atoms. The van der Waals surface area contributed by atoms with Crippen LogP contribution in [0.2, 0.25) is 0 Å². The summed E-state index contributed by atoms with van der Waals surface area (Å²) < 4.78 is 7.28. The number of hydrogen-bond acceptors (Lipinski definition) is 5. The van der Waals surface area contributed by atoms with E-state index in [0.717, 1.165) is 30.0 Å². The number of methoxy groups -OCH3 is 1. The van der Waals surface area contributed by atoms with Gasteiger partial charge in [0.15, 0.2) is 5.16 Å². The fourth-order valence-corrected chi connectivity index (χ4v) is 3.83. The van der Waals surface area contributed by atoms with Crippen molar-refractivity contribution in [2.24, 2.45) is 0 Å². The lowest BCUT2D eigenvalue weighted by atomic mass is 10.1. The zero-order chi connectivity index (χ0) is 20.6. The van der Waals surface area contributed by atoms with Crippen molar-refractivity contribution in [3.05, 3.63) is 66.0 Å². The topological polar surface area (TPSA) is 60.2 Å². The second-order valence-electron chi connectivity index (χ2n) is 6.74. The molecule has 0 N–H and O–H groups in total. The van der Waals surface area contributed by atoms with E-state index < -0.39 is 0 Å². The number of thioether (sulfide) groups is 1. The van der Waals surface area contributed by atoms with Crippen LogP contribution in [0.4, 0.5) is 0 Å². The summed E-state index contributed by atoms with van der Waals surface area (Å²) >= 11 is 1.39. The molecule has 0 aliphatic rings. The number of carbonyl (C=O) groups is 1. The Balaban J connectivity index is 1.69. The highest BCUT2D eigenvalue weighted by Gasteiger charge is 2.17. The fourth-order valence-electron chi connectivity index (χ4n) is 3.01. The number of benzene rings is 2. The largest absolute Gasteiger partial charge is 0.495 e. The molecule has 0 saturated carbocycles. The first-order chi connectivity index (χ1) is 14.1. The maximum absolute atomic E-state index is 12.9. The van der Waals surface area contributed by atoms with E-state index in [0.29, 0.717) is 17.5 Å². The minimum absolute atomic E-state index is 0.0898. The van der Waals surface area contributed by atoms with Gasteiger partial charge >= 0.3 is 0 Å². The Kier molecular flexibility index (Phi) is 7.30. The van der Waals surface area contributed by atoms with Gasteiger partial charge in [0.25, 0.3) is 0 Å². The zero-order valence-electron chi connectivity index (χ0n) is 17.0. The minimum atomic E-state index is 0.0898. The van der Waals surface area contributed by atoms with Crippen LogP contribution >= 0.6 is 11.8 Å². The molecular weight excluding hydrogens is 384 g/mol. The lowest BCUT2D eigenvalue weighted by Crippen LogP contribution is -2.32. The smallest absolute Gasteiger partial charge is 0.233 e.